The van der Waals surface area contributed by atoms with Crippen LogP contribution in [0.4, 0.5) is 0 Å². The first-order valence-corrected chi connectivity index (χ1v) is 8.19. The van der Waals surface area contributed by atoms with Gasteiger partial charge in [-0.15, -0.1) is 0 Å². The van der Waals surface area contributed by atoms with Gasteiger partial charge in [0.2, 0.25) is 5.91 Å². The van der Waals surface area contributed by atoms with Crippen LogP contribution in [0.3, 0.4) is 0 Å². The monoisotopic (exact) mass is 350 g/mol. The van der Waals surface area contributed by atoms with Crippen LogP contribution in [-0.4, -0.2) is 31.3 Å². The molecule has 1 atom stereocenters. The summed E-state index contributed by atoms with van der Waals surface area (Å²) in [5, 5.41) is 6.83. The number of fused-ring (bicyclic) bond motifs is 1. The second-order valence-electron chi connectivity index (χ2n) is 5.77. The number of rotatable bonds is 6. The molecule has 0 fully saturated rings. The Labute approximate surface area is 145 Å². The number of aryl methyl sites for hydroxylation is 1. The van der Waals surface area contributed by atoms with Crippen molar-refractivity contribution >= 4 is 17.5 Å². The molecule has 0 aliphatic carbocycles. The summed E-state index contributed by atoms with van der Waals surface area (Å²) in [5.74, 6) is 2.49. The molecule has 6 nitrogen and oxygen atoms in total. The molecule has 2 aromatic rings. The number of methoxy groups -OCH3 is 1. The standard InChI is InChI=1S/C17H19ClN2O4/c1-22-13-3-2-12-6-11(10-23-15(12)7-13)9-19-17(21)5-4-14-8-16(18)20-24-14/h2-3,7-8,11H,4-6,9-10H2,1H3,(H,19,21). The summed E-state index contributed by atoms with van der Waals surface area (Å²) in [7, 11) is 1.63. The van der Waals surface area contributed by atoms with E-state index in [-0.39, 0.29) is 11.8 Å². The molecule has 24 heavy (non-hydrogen) atoms. The highest BCUT2D eigenvalue weighted by atomic mass is 35.5. The fraction of sp³-hybridized carbons (Fsp3) is 0.412. The molecule has 1 aromatic carbocycles. The van der Waals surface area contributed by atoms with Gasteiger partial charge in [0.25, 0.3) is 0 Å². The van der Waals surface area contributed by atoms with Crippen molar-refractivity contribution in [2.75, 3.05) is 20.3 Å². The summed E-state index contributed by atoms with van der Waals surface area (Å²) in [5.41, 5.74) is 1.14. The molecule has 0 radical (unpaired) electrons. The number of halogens is 1. The second-order valence-corrected chi connectivity index (χ2v) is 6.16. The maximum absolute atomic E-state index is 11.9. The normalized spacial score (nSPS) is 16.2. The molecule has 0 saturated heterocycles. The third-order valence-corrected chi connectivity index (χ3v) is 4.15. The van der Waals surface area contributed by atoms with Gasteiger partial charge in [-0.05, 0) is 18.1 Å². The van der Waals surface area contributed by atoms with E-state index in [0.29, 0.717) is 36.9 Å². The molecular weight excluding hydrogens is 332 g/mol. The molecule has 0 saturated carbocycles. The van der Waals surface area contributed by atoms with Gasteiger partial charge in [0.05, 0.1) is 13.7 Å². The van der Waals surface area contributed by atoms with Crippen LogP contribution in [0.1, 0.15) is 17.7 Å². The Morgan fingerprint density at radius 2 is 2.33 bits per heavy atom. The highest BCUT2D eigenvalue weighted by Gasteiger charge is 2.21. The molecule has 0 spiro atoms. The van der Waals surface area contributed by atoms with Gasteiger partial charge in [-0.2, -0.15) is 0 Å². The zero-order chi connectivity index (χ0) is 16.9. The van der Waals surface area contributed by atoms with Gasteiger partial charge >= 0.3 is 0 Å². The first-order valence-electron chi connectivity index (χ1n) is 7.81. The number of ether oxygens (including phenoxy) is 2. The van der Waals surface area contributed by atoms with Gasteiger partial charge in [0, 0.05) is 37.4 Å². The first kappa shape index (κ1) is 16.6. The molecule has 1 aliphatic heterocycles. The SMILES string of the molecule is COc1ccc2c(c1)OCC(CNC(=O)CCc1cc(Cl)no1)C2. The van der Waals surface area contributed by atoms with Crippen molar-refractivity contribution in [3.05, 3.63) is 40.7 Å². The van der Waals surface area contributed by atoms with E-state index in [9.17, 15) is 4.79 Å². The first-order chi connectivity index (χ1) is 11.6. The minimum Gasteiger partial charge on any atom is -0.497 e. The van der Waals surface area contributed by atoms with E-state index in [1.807, 2.05) is 18.2 Å². The second kappa shape index (κ2) is 7.57. The molecular formula is C17H19ClN2O4. The van der Waals surface area contributed by atoms with Crippen molar-refractivity contribution in [2.24, 2.45) is 5.92 Å². The summed E-state index contributed by atoms with van der Waals surface area (Å²) in [6.07, 6.45) is 1.69. The number of hydrogen-bond donors (Lipinski definition) is 1. The van der Waals surface area contributed by atoms with E-state index >= 15 is 0 Å². The van der Waals surface area contributed by atoms with Crippen LogP contribution in [0.2, 0.25) is 5.15 Å². The Morgan fingerprint density at radius 3 is 3.08 bits per heavy atom. The Hall–Kier alpha value is -2.21. The number of carbonyl (C=O) groups excluding carboxylic acids is 1. The zero-order valence-electron chi connectivity index (χ0n) is 13.4. The van der Waals surface area contributed by atoms with Gasteiger partial charge in [-0.25, -0.2) is 0 Å². The smallest absolute Gasteiger partial charge is 0.220 e. The minimum atomic E-state index is -0.0250. The largest absolute Gasteiger partial charge is 0.497 e. The lowest BCUT2D eigenvalue weighted by Crippen LogP contribution is -2.34. The molecule has 1 N–H and O–H groups in total. The lowest BCUT2D eigenvalue weighted by Gasteiger charge is -2.25. The maximum atomic E-state index is 11.9. The minimum absolute atomic E-state index is 0.0250. The maximum Gasteiger partial charge on any atom is 0.220 e. The predicted octanol–water partition coefficient (Wildman–Crippen LogP) is 2.64. The average molecular weight is 351 g/mol. The Bertz CT molecular complexity index is 716. The Morgan fingerprint density at radius 1 is 1.46 bits per heavy atom. The molecule has 7 heteroatoms. The van der Waals surface area contributed by atoms with E-state index in [1.54, 1.807) is 13.2 Å². The summed E-state index contributed by atoms with van der Waals surface area (Å²) in [6.45, 7) is 1.17. The van der Waals surface area contributed by atoms with Crippen LogP contribution in [0.5, 0.6) is 11.5 Å². The highest BCUT2D eigenvalue weighted by molar-refractivity contribution is 6.29. The predicted molar refractivity (Wildman–Crippen MR) is 88.5 cm³/mol. The fourth-order valence-corrected chi connectivity index (χ4v) is 2.82. The van der Waals surface area contributed by atoms with Gasteiger partial charge in [-0.3, -0.25) is 4.79 Å². The van der Waals surface area contributed by atoms with Crippen molar-refractivity contribution in [2.45, 2.75) is 19.3 Å². The number of nitrogens with one attached hydrogen (secondary N) is 1. The van der Waals surface area contributed by atoms with Crippen molar-refractivity contribution in [3.63, 3.8) is 0 Å². The molecule has 1 aromatic heterocycles. The van der Waals surface area contributed by atoms with Crippen LogP contribution >= 0.6 is 11.6 Å². The number of amides is 1. The number of aromatic nitrogens is 1. The van der Waals surface area contributed by atoms with Crippen molar-refractivity contribution in [1.29, 1.82) is 0 Å². The average Bonchev–Trinajstić information content (AvgIpc) is 3.02. The van der Waals surface area contributed by atoms with Gasteiger partial charge < -0.3 is 19.3 Å². The lowest BCUT2D eigenvalue weighted by molar-refractivity contribution is -0.121. The van der Waals surface area contributed by atoms with Crippen LogP contribution in [-0.2, 0) is 17.6 Å². The van der Waals surface area contributed by atoms with Crippen LogP contribution in [0.15, 0.2) is 28.8 Å². The highest BCUT2D eigenvalue weighted by Crippen LogP contribution is 2.30. The molecule has 0 bridgehead atoms. The number of benzene rings is 1. The summed E-state index contributed by atoms with van der Waals surface area (Å²) < 4.78 is 15.9. The van der Waals surface area contributed by atoms with Crippen LogP contribution in [0, 0.1) is 5.92 Å². The molecule has 1 unspecified atom stereocenters. The van der Waals surface area contributed by atoms with Crippen molar-refractivity contribution in [3.8, 4) is 11.5 Å². The molecule has 128 valence electrons. The van der Waals surface area contributed by atoms with Gasteiger partial charge in [-0.1, -0.05) is 22.8 Å². The Kier molecular flexibility index (Phi) is 5.25. The number of carbonyl (C=O) groups is 1. The van der Waals surface area contributed by atoms with Crippen molar-refractivity contribution < 1.29 is 18.8 Å². The van der Waals surface area contributed by atoms with E-state index in [2.05, 4.69) is 10.5 Å². The third kappa shape index (κ3) is 4.20. The van der Waals surface area contributed by atoms with Crippen molar-refractivity contribution in [1.82, 2.24) is 10.5 Å². The Balaban J connectivity index is 1.44. The lowest BCUT2D eigenvalue weighted by atomic mass is 9.96. The van der Waals surface area contributed by atoms with E-state index in [1.165, 1.54) is 0 Å². The van der Waals surface area contributed by atoms with Crippen LogP contribution < -0.4 is 14.8 Å². The molecule has 3 rings (SSSR count). The topological polar surface area (TPSA) is 73.6 Å². The van der Waals surface area contributed by atoms with E-state index < -0.39 is 0 Å². The quantitative estimate of drug-likeness (QED) is 0.867. The zero-order valence-corrected chi connectivity index (χ0v) is 14.1. The fourth-order valence-electron chi connectivity index (χ4n) is 2.66. The van der Waals surface area contributed by atoms with Gasteiger partial charge in [0.15, 0.2) is 5.15 Å². The summed E-state index contributed by atoms with van der Waals surface area (Å²) in [6, 6.07) is 7.45. The number of nitrogens with zero attached hydrogens (tertiary/aromatic N) is 1. The molecule has 2 heterocycles. The van der Waals surface area contributed by atoms with Gasteiger partial charge in [0.1, 0.15) is 17.3 Å². The number of hydrogen-bond acceptors (Lipinski definition) is 5. The van der Waals surface area contributed by atoms with E-state index in [4.69, 9.17) is 25.6 Å². The summed E-state index contributed by atoms with van der Waals surface area (Å²) in [4.78, 5) is 11.9. The summed E-state index contributed by atoms with van der Waals surface area (Å²) >= 11 is 5.67. The van der Waals surface area contributed by atoms with E-state index in [0.717, 1.165) is 23.5 Å². The molecule has 1 aliphatic rings. The molecule has 1 amide bonds. The van der Waals surface area contributed by atoms with Crippen LogP contribution in [0.25, 0.3) is 0 Å². The third-order valence-electron chi connectivity index (χ3n) is 3.97.